The molecule has 1 aromatic heterocycles. The molecule has 2 aliphatic rings. The lowest BCUT2D eigenvalue weighted by molar-refractivity contribution is -0.112. The SMILES string of the molecule is COc1cc(OC)c(NC(=O)C2=Cc3sc4c(c3CS2)CCCC4)cc1Cl. The predicted molar refractivity (Wildman–Crippen MR) is 113 cm³/mol. The molecule has 27 heavy (non-hydrogen) atoms. The molecule has 0 saturated carbocycles. The lowest BCUT2D eigenvalue weighted by Crippen LogP contribution is -2.15. The number of hydrogen-bond acceptors (Lipinski definition) is 5. The molecule has 1 N–H and O–H groups in total. The van der Waals surface area contributed by atoms with Crippen molar-refractivity contribution in [2.24, 2.45) is 0 Å². The van der Waals surface area contributed by atoms with E-state index in [0.717, 1.165) is 10.7 Å². The van der Waals surface area contributed by atoms with Crippen LogP contribution in [0, 0.1) is 0 Å². The number of thioether (sulfide) groups is 1. The standard InChI is InChI=1S/C20H20ClNO3S2/c1-24-15-8-16(25-2)14(7-13(15)21)22-20(23)19-9-18-12(10-26-19)11-5-3-4-6-17(11)27-18/h7-9H,3-6,10H2,1-2H3,(H,22,23). The summed E-state index contributed by atoms with van der Waals surface area (Å²) in [6, 6.07) is 3.33. The van der Waals surface area contributed by atoms with Crippen molar-refractivity contribution in [1.29, 1.82) is 0 Å². The number of carbonyl (C=O) groups excluding carboxylic acids is 1. The van der Waals surface area contributed by atoms with E-state index in [9.17, 15) is 4.79 Å². The highest BCUT2D eigenvalue weighted by Crippen LogP contribution is 2.43. The van der Waals surface area contributed by atoms with Gasteiger partial charge in [-0.05, 0) is 49.0 Å². The van der Waals surface area contributed by atoms with Crippen LogP contribution in [0.1, 0.15) is 33.7 Å². The predicted octanol–water partition coefficient (Wildman–Crippen LogP) is 5.52. The highest BCUT2D eigenvalue weighted by Gasteiger charge is 2.25. The van der Waals surface area contributed by atoms with Crippen LogP contribution in [0.5, 0.6) is 11.5 Å². The van der Waals surface area contributed by atoms with E-state index >= 15 is 0 Å². The van der Waals surface area contributed by atoms with Gasteiger partial charge in [0.25, 0.3) is 5.91 Å². The maximum atomic E-state index is 12.8. The number of ether oxygens (including phenoxy) is 2. The van der Waals surface area contributed by atoms with E-state index in [1.165, 1.54) is 46.6 Å². The number of halogens is 1. The third-order valence-corrected chi connectivity index (χ3v) is 7.52. The van der Waals surface area contributed by atoms with E-state index in [4.69, 9.17) is 21.1 Å². The smallest absolute Gasteiger partial charge is 0.262 e. The minimum absolute atomic E-state index is 0.142. The zero-order valence-electron chi connectivity index (χ0n) is 15.2. The minimum Gasteiger partial charge on any atom is -0.495 e. The molecule has 2 heterocycles. The molecular formula is C20H20ClNO3S2. The van der Waals surface area contributed by atoms with Crippen LogP contribution in [-0.2, 0) is 23.4 Å². The number of anilines is 1. The zero-order chi connectivity index (χ0) is 19.0. The van der Waals surface area contributed by atoms with Crippen molar-refractivity contribution in [2.75, 3.05) is 19.5 Å². The topological polar surface area (TPSA) is 47.6 Å². The third-order valence-electron chi connectivity index (χ3n) is 4.89. The highest BCUT2D eigenvalue weighted by atomic mass is 35.5. The zero-order valence-corrected chi connectivity index (χ0v) is 17.6. The number of amides is 1. The van der Waals surface area contributed by atoms with Gasteiger partial charge in [-0.1, -0.05) is 11.6 Å². The first kappa shape index (κ1) is 18.7. The normalized spacial score (nSPS) is 15.4. The number of benzene rings is 1. The maximum Gasteiger partial charge on any atom is 0.262 e. The van der Waals surface area contributed by atoms with Crippen LogP contribution < -0.4 is 14.8 Å². The number of rotatable bonds is 4. The molecule has 0 saturated heterocycles. The molecular weight excluding hydrogens is 402 g/mol. The van der Waals surface area contributed by atoms with Crippen molar-refractivity contribution < 1.29 is 14.3 Å². The molecule has 0 unspecified atom stereocenters. The summed E-state index contributed by atoms with van der Waals surface area (Å²) in [4.78, 5) is 16.3. The Hall–Kier alpha value is -1.63. The van der Waals surface area contributed by atoms with Gasteiger partial charge in [0.2, 0.25) is 0 Å². The molecule has 0 spiro atoms. The van der Waals surface area contributed by atoms with E-state index in [2.05, 4.69) is 5.32 Å². The summed E-state index contributed by atoms with van der Waals surface area (Å²) in [5.41, 5.74) is 3.50. The van der Waals surface area contributed by atoms with Crippen LogP contribution in [0.15, 0.2) is 17.0 Å². The Kier molecular flexibility index (Phi) is 5.39. The average Bonchev–Trinajstić information content (AvgIpc) is 3.06. The summed E-state index contributed by atoms with van der Waals surface area (Å²) >= 11 is 9.64. The van der Waals surface area contributed by atoms with Crippen LogP contribution in [0.2, 0.25) is 5.02 Å². The quantitative estimate of drug-likeness (QED) is 0.705. The van der Waals surface area contributed by atoms with Gasteiger partial charge in [-0.25, -0.2) is 0 Å². The second-order valence-electron chi connectivity index (χ2n) is 6.49. The summed E-state index contributed by atoms with van der Waals surface area (Å²) in [6.07, 6.45) is 6.93. The maximum absolute atomic E-state index is 12.8. The third kappa shape index (κ3) is 3.58. The first-order valence-corrected chi connectivity index (χ1v) is 11.0. The molecule has 0 atom stereocenters. The van der Waals surface area contributed by atoms with E-state index < -0.39 is 0 Å². The number of carbonyl (C=O) groups is 1. The molecule has 1 aliphatic heterocycles. The molecule has 1 aliphatic carbocycles. The highest BCUT2D eigenvalue weighted by molar-refractivity contribution is 8.03. The van der Waals surface area contributed by atoms with E-state index in [-0.39, 0.29) is 5.91 Å². The molecule has 4 nitrogen and oxygen atoms in total. The van der Waals surface area contributed by atoms with Crippen LogP contribution in [0.3, 0.4) is 0 Å². The molecule has 0 bridgehead atoms. The van der Waals surface area contributed by atoms with E-state index in [1.54, 1.807) is 38.1 Å². The van der Waals surface area contributed by atoms with Crippen molar-refractivity contribution in [3.8, 4) is 11.5 Å². The number of nitrogens with one attached hydrogen (secondary N) is 1. The number of fused-ring (bicyclic) bond motifs is 3. The molecule has 4 rings (SSSR count). The van der Waals surface area contributed by atoms with Gasteiger partial charge in [0, 0.05) is 21.6 Å². The van der Waals surface area contributed by atoms with Crippen LogP contribution in [0.4, 0.5) is 5.69 Å². The summed E-state index contributed by atoms with van der Waals surface area (Å²) < 4.78 is 10.6. The van der Waals surface area contributed by atoms with Crippen LogP contribution >= 0.6 is 34.7 Å². The lowest BCUT2D eigenvalue weighted by atomic mass is 9.95. The van der Waals surface area contributed by atoms with Crippen molar-refractivity contribution >= 4 is 52.4 Å². The van der Waals surface area contributed by atoms with E-state index in [1.807, 2.05) is 17.4 Å². The fourth-order valence-corrected chi connectivity index (χ4v) is 6.29. The molecule has 142 valence electrons. The molecule has 1 aromatic carbocycles. The first-order chi connectivity index (χ1) is 13.1. The van der Waals surface area contributed by atoms with Gasteiger partial charge >= 0.3 is 0 Å². The number of thiophene rings is 1. The van der Waals surface area contributed by atoms with Crippen LogP contribution in [0.25, 0.3) is 6.08 Å². The lowest BCUT2D eigenvalue weighted by Gasteiger charge is -2.17. The van der Waals surface area contributed by atoms with Crippen LogP contribution in [-0.4, -0.2) is 20.1 Å². The van der Waals surface area contributed by atoms with Crippen molar-refractivity contribution in [1.82, 2.24) is 0 Å². The fraction of sp³-hybridized carbons (Fsp3) is 0.350. The summed E-state index contributed by atoms with van der Waals surface area (Å²) in [6.45, 7) is 0. The molecule has 0 fully saturated rings. The summed E-state index contributed by atoms with van der Waals surface area (Å²) in [5, 5.41) is 3.35. The number of methoxy groups -OCH3 is 2. The first-order valence-electron chi connectivity index (χ1n) is 8.81. The molecule has 2 aromatic rings. The van der Waals surface area contributed by atoms with Gasteiger partial charge < -0.3 is 14.8 Å². The van der Waals surface area contributed by atoms with Crippen molar-refractivity contribution in [3.63, 3.8) is 0 Å². The number of aryl methyl sites for hydroxylation is 1. The largest absolute Gasteiger partial charge is 0.495 e. The summed E-state index contributed by atoms with van der Waals surface area (Å²) in [5.74, 6) is 1.74. The monoisotopic (exact) mass is 421 g/mol. The molecule has 1 amide bonds. The Morgan fingerprint density at radius 2 is 1.89 bits per heavy atom. The van der Waals surface area contributed by atoms with Gasteiger partial charge in [0.15, 0.2) is 0 Å². The van der Waals surface area contributed by atoms with Gasteiger partial charge in [0.05, 0.1) is 29.8 Å². The van der Waals surface area contributed by atoms with Crippen molar-refractivity contribution in [2.45, 2.75) is 31.4 Å². The van der Waals surface area contributed by atoms with Gasteiger partial charge in [-0.15, -0.1) is 23.1 Å². The van der Waals surface area contributed by atoms with Gasteiger partial charge in [-0.2, -0.15) is 0 Å². The Morgan fingerprint density at radius 3 is 2.67 bits per heavy atom. The molecule has 7 heteroatoms. The minimum atomic E-state index is -0.142. The summed E-state index contributed by atoms with van der Waals surface area (Å²) in [7, 11) is 3.09. The van der Waals surface area contributed by atoms with Gasteiger partial charge in [0.1, 0.15) is 11.5 Å². The Morgan fingerprint density at radius 1 is 1.11 bits per heavy atom. The Labute approximate surface area is 171 Å². The van der Waals surface area contributed by atoms with Crippen molar-refractivity contribution in [3.05, 3.63) is 42.9 Å². The Balaban J connectivity index is 1.59. The van der Waals surface area contributed by atoms with Gasteiger partial charge in [-0.3, -0.25) is 4.79 Å². The number of hydrogen-bond donors (Lipinski definition) is 1. The average molecular weight is 422 g/mol. The second kappa shape index (κ2) is 7.78. The second-order valence-corrected chi connectivity index (χ2v) is 9.05. The molecule has 0 radical (unpaired) electrons. The Bertz CT molecular complexity index is 936. The fourth-order valence-electron chi connectivity index (χ4n) is 3.51. The van der Waals surface area contributed by atoms with E-state index in [0.29, 0.717) is 22.2 Å².